The maximum absolute atomic E-state index is 11.6. The van der Waals surface area contributed by atoms with Crippen LogP contribution in [0.25, 0.3) is 0 Å². The van der Waals surface area contributed by atoms with E-state index in [9.17, 15) is 4.79 Å². The Bertz CT molecular complexity index is 376. The first-order chi connectivity index (χ1) is 7.09. The summed E-state index contributed by atoms with van der Waals surface area (Å²) in [6, 6.07) is 1.82. The molecule has 0 aliphatic heterocycles. The molecule has 4 N–H and O–H groups in total. The van der Waals surface area contributed by atoms with Gasteiger partial charge in [-0.25, -0.2) is 0 Å². The topological polar surface area (TPSA) is 70.9 Å². The monoisotopic (exact) mass is 355 g/mol. The van der Waals surface area contributed by atoms with Crippen LogP contribution in [0.2, 0.25) is 0 Å². The van der Waals surface area contributed by atoms with Gasteiger partial charge in [-0.3, -0.25) is 4.79 Å². The van der Waals surface area contributed by atoms with Crippen molar-refractivity contribution in [1.82, 2.24) is 10.3 Å². The molecular weight excluding hydrogens is 340 g/mol. The van der Waals surface area contributed by atoms with Crippen LogP contribution < -0.4 is 11.1 Å². The number of nitrogens with one attached hydrogen (secondary N) is 2. The fourth-order valence-electron chi connectivity index (χ4n) is 1.66. The van der Waals surface area contributed by atoms with E-state index in [1.807, 2.05) is 6.07 Å². The number of hydrogen-bond acceptors (Lipinski definition) is 2. The molecule has 0 saturated heterocycles. The van der Waals surface area contributed by atoms with Gasteiger partial charge in [0.2, 0.25) is 0 Å². The average molecular weight is 356 g/mol. The molecule has 90 valence electrons. The van der Waals surface area contributed by atoms with Crippen molar-refractivity contribution in [2.45, 2.75) is 24.8 Å². The summed E-state index contributed by atoms with van der Waals surface area (Å²) in [6.45, 7) is 0.571. The predicted octanol–water partition coefficient (Wildman–Crippen LogP) is 1.65. The van der Waals surface area contributed by atoms with Gasteiger partial charge < -0.3 is 16.0 Å². The van der Waals surface area contributed by atoms with E-state index in [4.69, 9.17) is 5.73 Å². The van der Waals surface area contributed by atoms with E-state index in [0.29, 0.717) is 12.2 Å². The zero-order valence-electron chi connectivity index (χ0n) is 8.75. The van der Waals surface area contributed by atoms with Crippen LogP contribution in [-0.2, 0) is 0 Å². The summed E-state index contributed by atoms with van der Waals surface area (Å²) in [6.07, 6.45) is 4.99. The van der Waals surface area contributed by atoms with Gasteiger partial charge in [0, 0.05) is 21.9 Å². The van der Waals surface area contributed by atoms with Crippen molar-refractivity contribution in [3.05, 3.63) is 21.5 Å². The minimum absolute atomic E-state index is 0. The number of halogens is 2. The van der Waals surface area contributed by atoms with Crippen LogP contribution in [0.5, 0.6) is 0 Å². The van der Waals surface area contributed by atoms with Crippen LogP contribution in [0.3, 0.4) is 0 Å². The summed E-state index contributed by atoms with van der Waals surface area (Å²) < 4.78 is 1.03. The van der Waals surface area contributed by atoms with Gasteiger partial charge in [0.15, 0.2) is 0 Å². The standard InChI is InChI=1S/C10H14IN3O.ClH/c11-7-4-8(13-5-7)9(15)14-6-10(12)2-1-3-10;/h4-5,13H,1-3,6,12H2,(H,14,15);1H. The summed E-state index contributed by atoms with van der Waals surface area (Å²) in [5, 5.41) is 2.86. The average Bonchev–Trinajstić information content (AvgIpc) is 2.58. The number of H-pyrrole nitrogens is 1. The molecule has 0 bridgehead atoms. The van der Waals surface area contributed by atoms with Crippen LogP contribution in [0, 0.1) is 3.57 Å². The third-order valence-corrected chi connectivity index (χ3v) is 3.47. The van der Waals surface area contributed by atoms with Gasteiger partial charge in [-0.2, -0.15) is 0 Å². The molecule has 2 rings (SSSR count). The number of aromatic nitrogens is 1. The molecular formula is C10H15ClIN3O. The van der Waals surface area contributed by atoms with Crippen LogP contribution in [0.4, 0.5) is 0 Å². The van der Waals surface area contributed by atoms with Crippen molar-refractivity contribution < 1.29 is 4.79 Å². The third kappa shape index (κ3) is 3.11. The normalized spacial score (nSPS) is 17.1. The second-order valence-corrected chi connectivity index (χ2v) is 5.38. The molecule has 6 heteroatoms. The Hall–Kier alpha value is -0.270. The lowest BCUT2D eigenvalue weighted by Crippen LogP contribution is -2.54. The molecule has 16 heavy (non-hydrogen) atoms. The SMILES string of the molecule is Cl.NC1(CNC(=O)c2cc(I)c[nH]2)CCC1. The first kappa shape index (κ1) is 13.8. The van der Waals surface area contributed by atoms with Crippen LogP contribution in [-0.4, -0.2) is 23.0 Å². The highest BCUT2D eigenvalue weighted by molar-refractivity contribution is 14.1. The van der Waals surface area contributed by atoms with Gasteiger partial charge in [-0.05, 0) is 47.9 Å². The maximum Gasteiger partial charge on any atom is 0.267 e. The van der Waals surface area contributed by atoms with E-state index < -0.39 is 0 Å². The van der Waals surface area contributed by atoms with E-state index in [1.54, 1.807) is 6.20 Å². The maximum atomic E-state index is 11.6. The molecule has 0 spiro atoms. The Labute approximate surface area is 114 Å². The van der Waals surface area contributed by atoms with Crippen molar-refractivity contribution in [2.24, 2.45) is 5.73 Å². The van der Waals surface area contributed by atoms with Crippen LogP contribution >= 0.6 is 35.0 Å². The van der Waals surface area contributed by atoms with Gasteiger partial charge in [0.25, 0.3) is 5.91 Å². The fourth-order valence-corrected chi connectivity index (χ4v) is 2.13. The number of hydrogen-bond donors (Lipinski definition) is 3. The number of carbonyl (C=O) groups is 1. The molecule has 1 amide bonds. The van der Waals surface area contributed by atoms with Crippen molar-refractivity contribution in [3.63, 3.8) is 0 Å². The lowest BCUT2D eigenvalue weighted by atomic mass is 9.78. The number of rotatable bonds is 3. The van der Waals surface area contributed by atoms with Crippen LogP contribution in [0.1, 0.15) is 29.8 Å². The summed E-state index contributed by atoms with van der Waals surface area (Å²) in [5.74, 6) is -0.0744. The van der Waals surface area contributed by atoms with Crippen molar-refractivity contribution in [3.8, 4) is 0 Å². The van der Waals surface area contributed by atoms with E-state index in [2.05, 4.69) is 32.9 Å². The Morgan fingerprint density at radius 2 is 2.31 bits per heavy atom. The molecule has 1 saturated carbocycles. The lowest BCUT2D eigenvalue weighted by Gasteiger charge is -2.38. The highest BCUT2D eigenvalue weighted by atomic mass is 127. The van der Waals surface area contributed by atoms with Gasteiger partial charge in [-0.1, -0.05) is 0 Å². The minimum atomic E-state index is -0.157. The van der Waals surface area contributed by atoms with E-state index in [0.717, 1.165) is 16.4 Å². The molecule has 1 aromatic rings. The first-order valence-electron chi connectivity index (χ1n) is 5.00. The molecule has 0 unspecified atom stereocenters. The quantitative estimate of drug-likeness (QED) is 0.722. The Balaban J connectivity index is 0.00000128. The van der Waals surface area contributed by atoms with Gasteiger partial charge in [0.1, 0.15) is 5.69 Å². The number of aromatic amines is 1. The smallest absolute Gasteiger partial charge is 0.267 e. The molecule has 1 aliphatic carbocycles. The molecule has 1 aromatic heterocycles. The molecule has 1 fully saturated rings. The number of carbonyl (C=O) groups excluding carboxylic acids is 1. The van der Waals surface area contributed by atoms with Crippen molar-refractivity contribution in [1.29, 1.82) is 0 Å². The molecule has 1 heterocycles. The Morgan fingerprint density at radius 3 is 2.75 bits per heavy atom. The fraction of sp³-hybridized carbons (Fsp3) is 0.500. The predicted molar refractivity (Wildman–Crippen MR) is 73.9 cm³/mol. The molecule has 0 atom stereocenters. The van der Waals surface area contributed by atoms with Gasteiger partial charge in [0.05, 0.1) is 0 Å². The van der Waals surface area contributed by atoms with E-state index in [1.165, 1.54) is 6.42 Å². The number of amides is 1. The summed E-state index contributed by atoms with van der Waals surface area (Å²) >= 11 is 2.16. The highest BCUT2D eigenvalue weighted by Crippen LogP contribution is 2.28. The number of nitrogens with two attached hydrogens (primary N) is 1. The van der Waals surface area contributed by atoms with Crippen molar-refractivity contribution in [2.75, 3.05) is 6.54 Å². The summed E-state index contributed by atoms with van der Waals surface area (Å²) in [7, 11) is 0. The van der Waals surface area contributed by atoms with Crippen LogP contribution in [0.15, 0.2) is 12.3 Å². The Kier molecular flexibility index (Phi) is 4.63. The molecule has 1 aliphatic rings. The lowest BCUT2D eigenvalue weighted by molar-refractivity contribution is 0.0925. The summed E-state index contributed by atoms with van der Waals surface area (Å²) in [5.41, 5.74) is 6.45. The largest absolute Gasteiger partial charge is 0.356 e. The molecule has 4 nitrogen and oxygen atoms in total. The van der Waals surface area contributed by atoms with Crippen molar-refractivity contribution >= 4 is 40.9 Å². The second kappa shape index (κ2) is 5.37. The first-order valence-corrected chi connectivity index (χ1v) is 6.08. The third-order valence-electron chi connectivity index (χ3n) is 2.84. The van der Waals surface area contributed by atoms with Gasteiger partial charge >= 0.3 is 0 Å². The zero-order chi connectivity index (χ0) is 10.9. The van der Waals surface area contributed by atoms with E-state index in [-0.39, 0.29) is 23.9 Å². The highest BCUT2D eigenvalue weighted by Gasteiger charge is 2.32. The zero-order valence-corrected chi connectivity index (χ0v) is 11.7. The molecule has 0 aromatic carbocycles. The van der Waals surface area contributed by atoms with Gasteiger partial charge in [-0.15, -0.1) is 12.4 Å². The Morgan fingerprint density at radius 1 is 1.62 bits per heavy atom. The van der Waals surface area contributed by atoms with E-state index >= 15 is 0 Å². The molecule has 0 radical (unpaired) electrons. The summed E-state index contributed by atoms with van der Waals surface area (Å²) in [4.78, 5) is 14.6. The minimum Gasteiger partial charge on any atom is -0.356 e. The second-order valence-electron chi connectivity index (χ2n) is 4.13.